The van der Waals surface area contributed by atoms with E-state index in [-0.39, 0.29) is 6.54 Å². The number of nitriles is 1. The van der Waals surface area contributed by atoms with Crippen LogP contribution in [0.3, 0.4) is 0 Å². The summed E-state index contributed by atoms with van der Waals surface area (Å²) in [6, 6.07) is 10.2. The molecule has 1 heterocycles. The van der Waals surface area contributed by atoms with Gasteiger partial charge in [0.15, 0.2) is 0 Å². The van der Waals surface area contributed by atoms with Crippen LogP contribution >= 0.6 is 0 Å². The highest BCUT2D eigenvalue weighted by molar-refractivity contribution is 5.69. The molecule has 19 heavy (non-hydrogen) atoms. The van der Waals surface area contributed by atoms with Gasteiger partial charge in [-0.1, -0.05) is 41.1 Å². The summed E-state index contributed by atoms with van der Waals surface area (Å²) in [5, 5.41) is 16.6. The van der Waals surface area contributed by atoms with Gasteiger partial charge in [-0.3, -0.25) is 0 Å². The number of aryl methyl sites for hydroxylation is 1. The Morgan fingerprint density at radius 3 is 2.68 bits per heavy atom. The summed E-state index contributed by atoms with van der Waals surface area (Å²) in [5.74, 6) is 0. The van der Waals surface area contributed by atoms with Gasteiger partial charge in [0, 0.05) is 6.54 Å². The summed E-state index contributed by atoms with van der Waals surface area (Å²) in [6.45, 7) is 2.52. The molecule has 0 bridgehead atoms. The van der Waals surface area contributed by atoms with E-state index in [2.05, 4.69) is 16.4 Å². The van der Waals surface area contributed by atoms with Gasteiger partial charge in [0.1, 0.15) is 12.2 Å². The summed E-state index contributed by atoms with van der Waals surface area (Å²) in [7, 11) is 0. The lowest BCUT2D eigenvalue weighted by atomic mass is 10.1. The van der Waals surface area contributed by atoms with E-state index >= 15 is 0 Å². The number of benzene rings is 1. The van der Waals surface area contributed by atoms with Gasteiger partial charge in [-0.2, -0.15) is 5.26 Å². The molecular formula is C14H15N5. The molecule has 0 aliphatic rings. The molecule has 0 aliphatic heterocycles. The number of hydrogen-bond acceptors (Lipinski definition) is 4. The molecule has 1 aromatic heterocycles. The fraction of sp³-hybridized carbons (Fsp3) is 0.214. The number of aromatic nitrogens is 3. The molecule has 0 radical (unpaired) electrons. The van der Waals surface area contributed by atoms with Crippen LogP contribution in [0.25, 0.3) is 12.2 Å². The molecule has 2 N–H and O–H groups in total. The van der Waals surface area contributed by atoms with Crippen LogP contribution in [-0.2, 0) is 13.1 Å². The molecular weight excluding hydrogens is 238 g/mol. The van der Waals surface area contributed by atoms with Crippen molar-refractivity contribution in [2.75, 3.05) is 0 Å². The molecule has 0 saturated carbocycles. The molecule has 0 fully saturated rings. The molecule has 5 nitrogen and oxygen atoms in total. The minimum atomic E-state index is 0.167. The van der Waals surface area contributed by atoms with E-state index in [1.807, 2.05) is 43.3 Å². The molecule has 0 amide bonds. The van der Waals surface area contributed by atoms with Gasteiger partial charge in [0.05, 0.1) is 11.8 Å². The number of rotatable bonds is 4. The van der Waals surface area contributed by atoms with Gasteiger partial charge in [-0.15, -0.1) is 5.10 Å². The highest BCUT2D eigenvalue weighted by Gasteiger charge is 2.07. The molecule has 96 valence electrons. The third kappa shape index (κ3) is 3.06. The van der Waals surface area contributed by atoms with Crippen LogP contribution in [0.4, 0.5) is 0 Å². The Morgan fingerprint density at radius 1 is 1.32 bits per heavy atom. The van der Waals surface area contributed by atoms with Crippen molar-refractivity contribution in [3.05, 3.63) is 46.8 Å². The van der Waals surface area contributed by atoms with Crippen LogP contribution in [0.2, 0.25) is 0 Å². The van der Waals surface area contributed by atoms with E-state index in [9.17, 15) is 0 Å². The maximum absolute atomic E-state index is 8.75. The molecule has 1 aromatic carbocycles. The van der Waals surface area contributed by atoms with E-state index in [0.717, 1.165) is 11.3 Å². The number of hydrogen-bond donors (Lipinski definition) is 1. The summed E-state index contributed by atoms with van der Waals surface area (Å²) >= 11 is 0. The maximum atomic E-state index is 8.75. The quantitative estimate of drug-likeness (QED) is 0.899. The van der Waals surface area contributed by atoms with E-state index < -0.39 is 0 Å². The predicted octanol–water partition coefficient (Wildman–Crippen LogP) is 1.74. The monoisotopic (exact) mass is 253 g/mol. The summed E-state index contributed by atoms with van der Waals surface area (Å²) in [4.78, 5) is 0. The minimum Gasteiger partial charge on any atom is -0.325 e. The Bertz CT molecular complexity index is 616. The van der Waals surface area contributed by atoms with Crippen LogP contribution in [0.15, 0.2) is 24.3 Å². The zero-order chi connectivity index (χ0) is 13.7. The van der Waals surface area contributed by atoms with Gasteiger partial charge >= 0.3 is 0 Å². The standard InChI is InChI=1S/C14H15N5/c1-11-2-4-12(5-3-11)6-7-14-13(10-16)17-18-19(14)9-8-15/h2-7H,9-10,16H2,1H3/b7-6+. The van der Waals surface area contributed by atoms with Crippen molar-refractivity contribution in [1.82, 2.24) is 15.0 Å². The average molecular weight is 253 g/mol. The lowest BCUT2D eigenvalue weighted by Crippen LogP contribution is -2.03. The van der Waals surface area contributed by atoms with E-state index in [1.165, 1.54) is 5.56 Å². The Balaban J connectivity index is 2.29. The molecule has 0 unspecified atom stereocenters. The Labute approximate surface area is 112 Å². The molecule has 0 aliphatic carbocycles. The van der Waals surface area contributed by atoms with Crippen molar-refractivity contribution >= 4 is 12.2 Å². The molecule has 2 rings (SSSR count). The molecule has 5 heteroatoms. The lowest BCUT2D eigenvalue weighted by Gasteiger charge is -1.99. The van der Waals surface area contributed by atoms with Gasteiger partial charge in [0.25, 0.3) is 0 Å². The van der Waals surface area contributed by atoms with Gasteiger partial charge in [-0.25, -0.2) is 4.68 Å². The van der Waals surface area contributed by atoms with Crippen molar-refractivity contribution in [3.63, 3.8) is 0 Å². The Hall–Kier alpha value is -2.45. The lowest BCUT2D eigenvalue weighted by molar-refractivity contribution is 0.663. The van der Waals surface area contributed by atoms with Crippen LogP contribution in [0, 0.1) is 18.3 Å². The normalized spacial score (nSPS) is 10.8. The molecule has 2 aromatic rings. The van der Waals surface area contributed by atoms with Gasteiger partial charge < -0.3 is 5.73 Å². The second-order valence-electron chi connectivity index (χ2n) is 4.19. The van der Waals surface area contributed by atoms with E-state index in [1.54, 1.807) is 4.68 Å². The first-order valence-corrected chi connectivity index (χ1v) is 5.98. The maximum Gasteiger partial charge on any atom is 0.130 e. The number of nitrogens with two attached hydrogens (primary N) is 1. The first kappa shape index (κ1) is 13.0. The number of nitrogens with zero attached hydrogens (tertiary/aromatic N) is 4. The van der Waals surface area contributed by atoms with Crippen molar-refractivity contribution in [2.24, 2.45) is 5.73 Å². The van der Waals surface area contributed by atoms with Crippen molar-refractivity contribution < 1.29 is 0 Å². The van der Waals surface area contributed by atoms with Crippen molar-refractivity contribution in [3.8, 4) is 6.07 Å². The second-order valence-corrected chi connectivity index (χ2v) is 4.19. The second kappa shape index (κ2) is 5.94. The van der Waals surface area contributed by atoms with Crippen LogP contribution in [0.1, 0.15) is 22.5 Å². The summed E-state index contributed by atoms with van der Waals surface area (Å²) < 4.78 is 1.55. The third-order valence-corrected chi connectivity index (χ3v) is 2.77. The topological polar surface area (TPSA) is 80.5 Å². The van der Waals surface area contributed by atoms with Crippen LogP contribution in [0.5, 0.6) is 0 Å². The smallest absolute Gasteiger partial charge is 0.130 e. The largest absolute Gasteiger partial charge is 0.325 e. The highest BCUT2D eigenvalue weighted by Crippen LogP contribution is 2.11. The third-order valence-electron chi connectivity index (χ3n) is 2.77. The van der Waals surface area contributed by atoms with Gasteiger partial charge in [-0.05, 0) is 18.6 Å². The van der Waals surface area contributed by atoms with Gasteiger partial charge in [0.2, 0.25) is 0 Å². The Morgan fingerprint density at radius 2 is 2.05 bits per heavy atom. The summed E-state index contributed by atoms with van der Waals surface area (Å²) in [6.07, 6.45) is 3.86. The zero-order valence-electron chi connectivity index (χ0n) is 10.7. The van der Waals surface area contributed by atoms with Crippen LogP contribution in [-0.4, -0.2) is 15.0 Å². The van der Waals surface area contributed by atoms with E-state index in [4.69, 9.17) is 11.0 Å². The molecule has 0 atom stereocenters. The SMILES string of the molecule is Cc1ccc(/C=C/c2c(CN)nnn2CC#N)cc1. The fourth-order valence-electron chi connectivity index (χ4n) is 1.72. The fourth-order valence-corrected chi connectivity index (χ4v) is 1.72. The zero-order valence-corrected chi connectivity index (χ0v) is 10.7. The first-order chi connectivity index (χ1) is 9.24. The van der Waals surface area contributed by atoms with E-state index in [0.29, 0.717) is 12.2 Å². The molecule has 0 spiro atoms. The highest BCUT2D eigenvalue weighted by atomic mass is 15.4. The molecule has 0 saturated heterocycles. The Kier molecular flexibility index (Phi) is 4.06. The van der Waals surface area contributed by atoms with Crippen LogP contribution < -0.4 is 5.73 Å². The first-order valence-electron chi connectivity index (χ1n) is 5.98. The van der Waals surface area contributed by atoms with Crippen molar-refractivity contribution in [1.29, 1.82) is 5.26 Å². The average Bonchev–Trinajstić information content (AvgIpc) is 2.81. The summed E-state index contributed by atoms with van der Waals surface area (Å²) in [5.41, 5.74) is 9.39. The minimum absolute atomic E-state index is 0.167. The van der Waals surface area contributed by atoms with Crippen molar-refractivity contribution in [2.45, 2.75) is 20.0 Å². The predicted molar refractivity (Wildman–Crippen MR) is 73.6 cm³/mol.